The number of nitrogens with one attached hydrogen (secondary N) is 1. The van der Waals surface area contributed by atoms with Gasteiger partial charge in [-0.15, -0.1) is 11.3 Å². The number of hydrogen-bond donors (Lipinski definition) is 1. The van der Waals surface area contributed by atoms with Crippen LogP contribution in [0.5, 0.6) is 5.75 Å². The fourth-order valence-corrected chi connectivity index (χ4v) is 3.09. The van der Waals surface area contributed by atoms with E-state index in [-0.39, 0.29) is 5.91 Å². The zero-order valence-electron chi connectivity index (χ0n) is 11.1. The van der Waals surface area contributed by atoms with Gasteiger partial charge >= 0.3 is 0 Å². The number of anilines is 1. The predicted molar refractivity (Wildman–Crippen MR) is 79.8 cm³/mol. The minimum absolute atomic E-state index is 0.175. The first-order chi connectivity index (χ1) is 9.52. The lowest BCUT2D eigenvalue weighted by Crippen LogP contribution is -2.31. The van der Waals surface area contributed by atoms with Gasteiger partial charge in [0, 0.05) is 16.3 Å². The zero-order chi connectivity index (χ0) is 14.3. The molecule has 1 aromatic carbocycles. The average Bonchev–Trinajstić information content (AvgIpc) is 2.93. The van der Waals surface area contributed by atoms with Crippen molar-refractivity contribution in [2.45, 2.75) is 26.4 Å². The number of ether oxygens (including phenoxy) is 1. The highest BCUT2D eigenvalue weighted by molar-refractivity contribution is 7.15. The van der Waals surface area contributed by atoms with Crippen molar-refractivity contribution in [2.75, 3.05) is 5.32 Å². The number of nitrogens with zero attached hydrogens (tertiary/aromatic N) is 1. The number of hydrogen-bond acceptors (Lipinski definition) is 4. The van der Waals surface area contributed by atoms with E-state index in [0.717, 1.165) is 21.9 Å². The number of carbonyl (C=O) groups excluding carboxylic acids is 1. The Morgan fingerprint density at radius 2 is 2.30 bits per heavy atom. The maximum absolute atomic E-state index is 12.2. The third-order valence-electron chi connectivity index (χ3n) is 3.25. The zero-order valence-corrected chi connectivity index (χ0v) is 12.6. The van der Waals surface area contributed by atoms with Crippen molar-refractivity contribution >= 4 is 34.0 Å². The molecule has 0 saturated heterocycles. The van der Waals surface area contributed by atoms with Crippen molar-refractivity contribution in [3.63, 3.8) is 0 Å². The molecular weight excluding hydrogens is 296 g/mol. The Kier molecular flexibility index (Phi) is 3.40. The normalized spacial score (nSPS) is 16.6. The van der Waals surface area contributed by atoms with Gasteiger partial charge in [-0.1, -0.05) is 11.6 Å². The van der Waals surface area contributed by atoms with Gasteiger partial charge in [0.05, 0.1) is 5.69 Å². The van der Waals surface area contributed by atoms with Gasteiger partial charge < -0.3 is 4.74 Å². The molecule has 1 unspecified atom stereocenters. The third-order valence-corrected chi connectivity index (χ3v) is 4.47. The molecule has 104 valence electrons. The Balaban J connectivity index is 1.71. The van der Waals surface area contributed by atoms with Gasteiger partial charge in [-0.25, -0.2) is 4.98 Å². The van der Waals surface area contributed by atoms with Gasteiger partial charge in [0.15, 0.2) is 11.2 Å². The molecule has 2 heterocycles. The number of amides is 1. The summed E-state index contributed by atoms with van der Waals surface area (Å²) in [6, 6.07) is 5.39. The van der Waals surface area contributed by atoms with Crippen molar-refractivity contribution in [1.82, 2.24) is 4.98 Å². The van der Waals surface area contributed by atoms with E-state index in [2.05, 4.69) is 10.3 Å². The van der Waals surface area contributed by atoms with Crippen molar-refractivity contribution in [3.05, 3.63) is 39.4 Å². The second kappa shape index (κ2) is 5.07. The summed E-state index contributed by atoms with van der Waals surface area (Å²) in [6.45, 7) is 3.90. The predicted octanol–water partition coefficient (Wildman–Crippen LogP) is 3.36. The molecule has 1 aliphatic heterocycles. The number of carbonyl (C=O) groups is 1. The van der Waals surface area contributed by atoms with E-state index in [4.69, 9.17) is 16.3 Å². The van der Waals surface area contributed by atoms with Crippen molar-refractivity contribution in [3.8, 4) is 5.75 Å². The highest BCUT2D eigenvalue weighted by atomic mass is 35.5. The minimum atomic E-state index is -0.520. The van der Waals surface area contributed by atoms with Gasteiger partial charge in [0.25, 0.3) is 5.91 Å². The highest BCUT2D eigenvalue weighted by Gasteiger charge is 2.29. The van der Waals surface area contributed by atoms with Crippen LogP contribution in [0.4, 0.5) is 5.13 Å². The molecule has 1 N–H and O–H groups in total. The van der Waals surface area contributed by atoms with E-state index in [1.165, 1.54) is 11.3 Å². The Morgan fingerprint density at radius 1 is 1.50 bits per heavy atom. The molecule has 2 aromatic rings. The summed E-state index contributed by atoms with van der Waals surface area (Å²) >= 11 is 7.40. The van der Waals surface area contributed by atoms with Crippen LogP contribution < -0.4 is 10.1 Å². The molecule has 6 heteroatoms. The molecule has 0 aliphatic carbocycles. The quantitative estimate of drug-likeness (QED) is 0.925. The standard InChI is InChI=1S/C14H13ClN2O2S/c1-7-8(2)20-14(16-7)17-13(18)12-6-9-5-10(15)3-4-11(9)19-12/h3-5,12H,6H2,1-2H3,(H,16,17,18). The van der Waals surface area contributed by atoms with Crippen LogP contribution >= 0.6 is 22.9 Å². The largest absolute Gasteiger partial charge is 0.480 e. The molecule has 4 nitrogen and oxygen atoms in total. The lowest BCUT2D eigenvalue weighted by atomic mass is 10.1. The van der Waals surface area contributed by atoms with E-state index in [0.29, 0.717) is 16.6 Å². The first-order valence-electron chi connectivity index (χ1n) is 6.23. The van der Waals surface area contributed by atoms with Crippen LogP contribution in [0.3, 0.4) is 0 Å². The maximum Gasteiger partial charge on any atom is 0.267 e. The molecular formula is C14H13ClN2O2S. The van der Waals surface area contributed by atoms with Crippen LogP contribution in [0.2, 0.25) is 5.02 Å². The SMILES string of the molecule is Cc1nc(NC(=O)C2Cc3cc(Cl)ccc3O2)sc1C. The summed E-state index contributed by atoms with van der Waals surface area (Å²) in [5.41, 5.74) is 1.90. The van der Waals surface area contributed by atoms with E-state index in [9.17, 15) is 4.79 Å². The first-order valence-corrected chi connectivity index (χ1v) is 7.42. The molecule has 3 rings (SSSR count). The van der Waals surface area contributed by atoms with Crippen LogP contribution in [-0.4, -0.2) is 17.0 Å². The van der Waals surface area contributed by atoms with Gasteiger partial charge in [-0.3, -0.25) is 10.1 Å². The fraction of sp³-hybridized carbons (Fsp3) is 0.286. The number of halogens is 1. The number of thiazole rings is 1. The molecule has 0 radical (unpaired) electrons. The van der Waals surface area contributed by atoms with Crippen LogP contribution in [0.15, 0.2) is 18.2 Å². The number of aromatic nitrogens is 1. The lowest BCUT2D eigenvalue weighted by Gasteiger charge is -2.09. The van der Waals surface area contributed by atoms with Gasteiger partial charge in [-0.05, 0) is 37.6 Å². The van der Waals surface area contributed by atoms with Gasteiger partial charge in [0.2, 0.25) is 0 Å². The van der Waals surface area contributed by atoms with Crippen LogP contribution in [-0.2, 0) is 11.2 Å². The molecule has 0 saturated carbocycles. The minimum Gasteiger partial charge on any atom is -0.480 e. The highest BCUT2D eigenvalue weighted by Crippen LogP contribution is 2.31. The molecule has 1 aliphatic rings. The summed E-state index contributed by atoms with van der Waals surface area (Å²) in [4.78, 5) is 17.6. The van der Waals surface area contributed by atoms with Crippen LogP contribution in [0, 0.1) is 13.8 Å². The molecule has 1 atom stereocenters. The second-order valence-corrected chi connectivity index (χ2v) is 6.35. The summed E-state index contributed by atoms with van der Waals surface area (Å²) < 4.78 is 5.64. The smallest absolute Gasteiger partial charge is 0.267 e. The average molecular weight is 309 g/mol. The van der Waals surface area contributed by atoms with E-state index < -0.39 is 6.10 Å². The Hall–Kier alpha value is -1.59. The lowest BCUT2D eigenvalue weighted by molar-refractivity contribution is -0.122. The molecule has 0 spiro atoms. The molecule has 1 amide bonds. The molecule has 0 bridgehead atoms. The van der Waals surface area contributed by atoms with Crippen LogP contribution in [0.1, 0.15) is 16.1 Å². The van der Waals surface area contributed by atoms with E-state index in [1.54, 1.807) is 12.1 Å². The van der Waals surface area contributed by atoms with Gasteiger partial charge in [0.1, 0.15) is 5.75 Å². The summed E-state index contributed by atoms with van der Waals surface area (Å²) in [6.07, 6.45) is 0.0124. The van der Waals surface area contributed by atoms with Crippen molar-refractivity contribution in [2.24, 2.45) is 0 Å². The number of benzene rings is 1. The number of rotatable bonds is 2. The first kappa shape index (κ1) is 13.4. The van der Waals surface area contributed by atoms with Crippen molar-refractivity contribution in [1.29, 1.82) is 0 Å². The summed E-state index contributed by atoms with van der Waals surface area (Å²) in [5, 5.41) is 4.07. The van der Waals surface area contributed by atoms with Crippen LogP contribution in [0.25, 0.3) is 0 Å². The third kappa shape index (κ3) is 2.51. The number of aryl methyl sites for hydroxylation is 2. The monoisotopic (exact) mass is 308 g/mol. The Labute approximate surface area is 125 Å². The molecule has 0 fully saturated rings. The molecule has 20 heavy (non-hydrogen) atoms. The topological polar surface area (TPSA) is 51.2 Å². The maximum atomic E-state index is 12.2. The van der Waals surface area contributed by atoms with Gasteiger partial charge in [-0.2, -0.15) is 0 Å². The second-order valence-electron chi connectivity index (χ2n) is 4.71. The fourth-order valence-electron chi connectivity index (χ4n) is 2.08. The summed E-state index contributed by atoms with van der Waals surface area (Å²) in [5.74, 6) is 0.548. The Bertz CT molecular complexity index is 664. The number of fused-ring (bicyclic) bond motifs is 1. The molecule has 1 aromatic heterocycles. The van der Waals surface area contributed by atoms with E-state index >= 15 is 0 Å². The van der Waals surface area contributed by atoms with E-state index in [1.807, 2.05) is 19.9 Å². The Morgan fingerprint density at radius 3 is 3.00 bits per heavy atom. The van der Waals surface area contributed by atoms with Crippen molar-refractivity contribution < 1.29 is 9.53 Å². The summed E-state index contributed by atoms with van der Waals surface area (Å²) in [7, 11) is 0.